The van der Waals surface area contributed by atoms with Crippen LogP contribution in [0.2, 0.25) is 0 Å². The van der Waals surface area contributed by atoms with Gasteiger partial charge in [-0.3, -0.25) is 0 Å². The number of rotatable bonds is 1. The summed E-state index contributed by atoms with van der Waals surface area (Å²) in [6.45, 7) is 4.03. The summed E-state index contributed by atoms with van der Waals surface area (Å²) in [4.78, 5) is 2.24. The highest BCUT2D eigenvalue weighted by Crippen LogP contribution is 2.09. The van der Waals surface area contributed by atoms with Crippen molar-refractivity contribution < 1.29 is 5.11 Å². The van der Waals surface area contributed by atoms with Gasteiger partial charge in [0.25, 0.3) is 0 Å². The van der Waals surface area contributed by atoms with Gasteiger partial charge in [-0.25, -0.2) is 0 Å². The van der Waals surface area contributed by atoms with Gasteiger partial charge in [-0.05, 0) is 26.0 Å². The van der Waals surface area contributed by atoms with Crippen LogP contribution in [0.3, 0.4) is 0 Å². The van der Waals surface area contributed by atoms with Crippen molar-refractivity contribution in [2.45, 2.75) is 25.9 Å². The molecule has 1 aliphatic heterocycles. The summed E-state index contributed by atoms with van der Waals surface area (Å²) in [5, 5.41) is 9.14. The third-order valence-electron chi connectivity index (χ3n) is 1.86. The lowest BCUT2D eigenvalue weighted by Crippen LogP contribution is -2.31. The molecule has 1 rings (SSSR count). The summed E-state index contributed by atoms with van der Waals surface area (Å²) >= 11 is 0. The van der Waals surface area contributed by atoms with Gasteiger partial charge in [-0.1, -0.05) is 6.08 Å². The quantitative estimate of drug-likeness (QED) is 0.588. The van der Waals surface area contributed by atoms with Crippen molar-refractivity contribution >= 4 is 0 Å². The van der Waals surface area contributed by atoms with Crippen LogP contribution in [0.1, 0.15) is 19.8 Å². The first-order valence-electron chi connectivity index (χ1n) is 3.88. The minimum absolute atomic E-state index is 0.0542. The van der Waals surface area contributed by atoms with Gasteiger partial charge in [0.2, 0.25) is 0 Å². The molecule has 1 heterocycles. The first-order valence-corrected chi connectivity index (χ1v) is 3.88. The fraction of sp³-hybridized carbons (Fsp3) is 0.750. The van der Waals surface area contributed by atoms with E-state index in [9.17, 15) is 0 Å². The maximum atomic E-state index is 9.14. The van der Waals surface area contributed by atoms with Gasteiger partial charge in [0, 0.05) is 13.1 Å². The van der Waals surface area contributed by atoms with Crippen LogP contribution in [-0.2, 0) is 0 Å². The highest BCUT2D eigenvalue weighted by Gasteiger charge is 2.13. The lowest BCUT2D eigenvalue weighted by molar-refractivity contribution is 0.102. The minimum atomic E-state index is -0.0542. The van der Waals surface area contributed by atoms with Crippen molar-refractivity contribution in [3.8, 4) is 0 Å². The molecule has 0 radical (unpaired) electrons. The molecule has 58 valence electrons. The molecule has 0 amide bonds. The second-order valence-corrected chi connectivity index (χ2v) is 2.75. The molecule has 2 nitrogen and oxygen atoms in total. The zero-order valence-electron chi connectivity index (χ0n) is 6.45. The van der Waals surface area contributed by atoms with Crippen molar-refractivity contribution in [2.75, 3.05) is 13.1 Å². The van der Waals surface area contributed by atoms with E-state index in [-0.39, 0.29) is 6.10 Å². The molecule has 0 spiro atoms. The molecule has 0 aromatic heterocycles. The van der Waals surface area contributed by atoms with Crippen LogP contribution in [0.25, 0.3) is 0 Å². The van der Waals surface area contributed by atoms with Crippen LogP contribution in [0, 0.1) is 0 Å². The SMILES string of the molecule is CC=CN1CCC(O)CC1. The molecule has 0 aromatic rings. The number of likely N-dealkylation sites (tertiary alicyclic amines) is 1. The fourth-order valence-corrected chi connectivity index (χ4v) is 1.25. The zero-order valence-corrected chi connectivity index (χ0v) is 6.45. The molecule has 1 aliphatic rings. The second kappa shape index (κ2) is 3.62. The Balaban J connectivity index is 2.26. The Labute approximate surface area is 62.2 Å². The van der Waals surface area contributed by atoms with Crippen LogP contribution in [0.15, 0.2) is 12.3 Å². The Kier molecular flexibility index (Phi) is 2.75. The first kappa shape index (κ1) is 7.61. The Hall–Kier alpha value is -0.500. The van der Waals surface area contributed by atoms with Gasteiger partial charge < -0.3 is 10.0 Å². The Morgan fingerprint density at radius 3 is 2.50 bits per heavy atom. The van der Waals surface area contributed by atoms with Crippen LogP contribution in [0.4, 0.5) is 0 Å². The summed E-state index contributed by atoms with van der Waals surface area (Å²) in [6.07, 6.45) is 5.92. The summed E-state index contributed by atoms with van der Waals surface area (Å²) in [5.74, 6) is 0. The average molecular weight is 141 g/mol. The average Bonchev–Trinajstić information content (AvgIpc) is 1.95. The monoisotopic (exact) mass is 141 g/mol. The predicted octanol–water partition coefficient (Wildman–Crippen LogP) is 0.977. The molecule has 0 atom stereocenters. The summed E-state index contributed by atoms with van der Waals surface area (Å²) < 4.78 is 0. The van der Waals surface area contributed by atoms with E-state index in [1.807, 2.05) is 13.0 Å². The fourth-order valence-electron chi connectivity index (χ4n) is 1.25. The van der Waals surface area contributed by atoms with Gasteiger partial charge in [-0.2, -0.15) is 0 Å². The largest absolute Gasteiger partial charge is 0.393 e. The molecule has 0 bridgehead atoms. The van der Waals surface area contributed by atoms with Crippen LogP contribution in [0.5, 0.6) is 0 Å². The van der Waals surface area contributed by atoms with Crippen LogP contribution >= 0.6 is 0 Å². The second-order valence-electron chi connectivity index (χ2n) is 2.75. The molecule has 2 heteroatoms. The number of piperidine rings is 1. The van der Waals surface area contributed by atoms with Crippen molar-refractivity contribution in [3.63, 3.8) is 0 Å². The van der Waals surface area contributed by atoms with E-state index in [4.69, 9.17) is 5.11 Å². The molecule has 1 saturated heterocycles. The number of hydrogen-bond acceptors (Lipinski definition) is 2. The Bertz CT molecular complexity index is 114. The highest BCUT2D eigenvalue weighted by atomic mass is 16.3. The smallest absolute Gasteiger partial charge is 0.0573 e. The topological polar surface area (TPSA) is 23.5 Å². The summed E-state index contributed by atoms with van der Waals surface area (Å²) in [6, 6.07) is 0. The lowest BCUT2D eigenvalue weighted by atomic mass is 10.1. The zero-order chi connectivity index (χ0) is 7.40. The third-order valence-corrected chi connectivity index (χ3v) is 1.86. The van der Waals surface area contributed by atoms with Gasteiger partial charge in [0.15, 0.2) is 0 Å². The number of allylic oxidation sites excluding steroid dienone is 1. The van der Waals surface area contributed by atoms with E-state index in [1.54, 1.807) is 0 Å². The molecular weight excluding hydrogens is 126 g/mol. The van der Waals surface area contributed by atoms with E-state index in [2.05, 4.69) is 11.1 Å². The third kappa shape index (κ3) is 2.03. The highest BCUT2D eigenvalue weighted by molar-refractivity contribution is 4.82. The van der Waals surface area contributed by atoms with Gasteiger partial charge in [-0.15, -0.1) is 0 Å². The molecule has 1 fully saturated rings. The van der Waals surface area contributed by atoms with Crippen LogP contribution < -0.4 is 0 Å². The van der Waals surface area contributed by atoms with Crippen molar-refractivity contribution in [2.24, 2.45) is 0 Å². The van der Waals surface area contributed by atoms with Crippen molar-refractivity contribution in [1.29, 1.82) is 0 Å². The maximum absolute atomic E-state index is 9.14. The standard InChI is InChI=1S/C8H15NO/c1-2-5-9-6-3-8(10)4-7-9/h2,5,8,10H,3-4,6-7H2,1H3. The lowest BCUT2D eigenvalue weighted by Gasteiger charge is -2.28. The number of nitrogens with zero attached hydrogens (tertiary/aromatic N) is 1. The number of aliphatic hydroxyl groups excluding tert-OH is 1. The minimum Gasteiger partial charge on any atom is -0.393 e. The Morgan fingerprint density at radius 1 is 1.40 bits per heavy atom. The van der Waals surface area contributed by atoms with Crippen LogP contribution in [-0.4, -0.2) is 29.2 Å². The molecule has 0 aliphatic carbocycles. The maximum Gasteiger partial charge on any atom is 0.0573 e. The van der Waals surface area contributed by atoms with Gasteiger partial charge >= 0.3 is 0 Å². The Morgan fingerprint density at radius 2 is 2.00 bits per heavy atom. The molecule has 1 N–H and O–H groups in total. The van der Waals surface area contributed by atoms with E-state index in [1.165, 1.54) is 0 Å². The predicted molar refractivity (Wildman–Crippen MR) is 41.6 cm³/mol. The molecule has 0 unspecified atom stereocenters. The van der Waals surface area contributed by atoms with E-state index in [0.29, 0.717) is 0 Å². The van der Waals surface area contributed by atoms with Crippen molar-refractivity contribution in [3.05, 3.63) is 12.3 Å². The van der Waals surface area contributed by atoms with E-state index < -0.39 is 0 Å². The first-order chi connectivity index (χ1) is 4.83. The van der Waals surface area contributed by atoms with E-state index in [0.717, 1.165) is 25.9 Å². The summed E-state index contributed by atoms with van der Waals surface area (Å²) in [5.41, 5.74) is 0. The van der Waals surface area contributed by atoms with Crippen molar-refractivity contribution in [1.82, 2.24) is 4.90 Å². The van der Waals surface area contributed by atoms with E-state index >= 15 is 0 Å². The molecule has 0 aromatic carbocycles. The molecular formula is C8H15NO. The van der Waals surface area contributed by atoms with Gasteiger partial charge in [0.1, 0.15) is 0 Å². The number of hydrogen-bond donors (Lipinski definition) is 1. The molecule has 10 heavy (non-hydrogen) atoms. The summed E-state index contributed by atoms with van der Waals surface area (Å²) in [7, 11) is 0. The van der Waals surface area contributed by atoms with Gasteiger partial charge in [0.05, 0.1) is 6.10 Å². The normalized spacial score (nSPS) is 22.4. The number of aliphatic hydroxyl groups is 1. The molecule has 0 saturated carbocycles.